The molecule has 10 heteroatoms. The molecule has 3 fully saturated rings. The molecule has 6 nitrogen and oxygen atoms in total. The second kappa shape index (κ2) is 7.02. The van der Waals surface area contributed by atoms with Gasteiger partial charge in [-0.1, -0.05) is 41.7 Å². The van der Waals surface area contributed by atoms with E-state index in [2.05, 4.69) is 0 Å². The summed E-state index contributed by atoms with van der Waals surface area (Å²) in [5.74, 6) is -2.00. The van der Waals surface area contributed by atoms with Crippen molar-refractivity contribution >= 4 is 52.4 Å². The van der Waals surface area contributed by atoms with Crippen molar-refractivity contribution in [1.29, 1.82) is 0 Å². The highest BCUT2D eigenvalue weighted by atomic mass is 35.6. The van der Waals surface area contributed by atoms with Crippen molar-refractivity contribution in [1.82, 2.24) is 0 Å². The predicted molar refractivity (Wildman–Crippen MR) is 101 cm³/mol. The number of hydrogen-bond donors (Lipinski definition) is 1. The van der Waals surface area contributed by atoms with E-state index in [-0.39, 0.29) is 18.7 Å². The van der Waals surface area contributed by atoms with Gasteiger partial charge in [0.2, 0.25) is 0 Å². The molecule has 7 atom stereocenters. The fraction of sp³-hybridized carbons (Fsp3) is 0.941. The van der Waals surface area contributed by atoms with Gasteiger partial charge < -0.3 is 24.1 Å². The Balaban J connectivity index is 2.04. The lowest BCUT2D eigenvalue weighted by atomic mass is 9.56. The Morgan fingerprint density at radius 1 is 1.26 bits per heavy atom. The summed E-state index contributed by atoms with van der Waals surface area (Å²) in [6, 6.07) is 0. The minimum atomic E-state index is -1.63. The van der Waals surface area contributed by atoms with E-state index in [9.17, 15) is 9.90 Å². The van der Waals surface area contributed by atoms with Crippen LogP contribution in [0.5, 0.6) is 0 Å². The van der Waals surface area contributed by atoms with E-state index >= 15 is 0 Å². The third-order valence-corrected chi connectivity index (χ3v) is 6.60. The van der Waals surface area contributed by atoms with Crippen LogP contribution < -0.4 is 0 Å². The summed E-state index contributed by atoms with van der Waals surface area (Å²) in [6.45, 7) is 6.60. The van der Waals surface area contributed by atoms with Gasteiger partial charge in [0.05, 0.1) is 6.10 Å². The molecule has 1 N–H and O–H groups in total. The Kier molecular flexibility index (Phi) is 5.76. The average Bonchev–Trinajstić information content (AvgIpc) is 2.89. The van der Waals surface area contributed by atoms with Crippen LogP contribution in [0.25, 0.3) is 0 Å². The van der Waals surface area contributed by atoms with Crippen LogP contribution in [0.1, 0.15) is 40.5 Å². The zero-order valence-corrected chi connectivity index (χ0v) is 18.5. The first-order chi connectivity index (χ1) is 12.2. The van der Waals surface area contributed by atoms with Gasteiger partial charge in [-0.15, -0.1) is 11.6 Å². The Morgan fingerprint density at radius 3 is 2.41 bits per heavy atom. The van der Waals surface area contributed by atoms with Crippen LogP contribution in [0.4, 0.5) is 0 Å². The van der Waals surface area contributed by atoms with Crippen LogP contribution in [0.2, 0.25) is 0 Å². The Labute approximate surface area is 178 Å². The molecule has 1 saturated carbocycles. The number of carbonyl (C=O) groups is 1. The molecular formula is C17H24Cl4O6. The number of carbonyl (C=O) groups excluding carboxylic acids is 1. The average molecular weight is 466 g/mol. The van der Waals surface area contributed by atoms with Crippen molar-refractivity contribution in [3.05, 3.63) is 0 Å². The van der Waals surface area contributed by atoms with Gasteiger partial charge >= 0.3 is 5.97 Å². The molecule has 3 aliphatic rings. The van der Waals surface area contributed by atoms with Gasteiger partial charge in [0.25, 0.3) is 0 Å². The summed E-state index contributed by atoms with van der Waals surface area (Å²) < 4.78 is 21.6. The van der Waals surface area contributed by atoms with E-state index < -0.39 is 57.1 Å². The van der Waals surface area contributed by atoms with Crippen LogP contribution >= 0.6 is 46.4 Å². The Hall–Kier alpha value is 0.470. The number of rotatable bonds is 3. The molecule has 2 saturated heterocycles. The van der Waals surface area contributed by atoms with E-state index in [1.54, 1.807) is 20.8 Å². The van der Waals surface area contributed by atoms with Gasteiger partial charge in [0.15, 0.2) is 15.9 Å². The number of halogens is 4. The van der Waals surface area contributed by atoms with Crippen LogP contribution in [0.3, 0.4) is 0 Å². The number of alkyl halides is 4. The number of hydrogen-bond acceptors (Lipinski definition) is 6. The standard InChI is InChI=1S/C17H24Cl4O6/c1-8(22)24-10-5-11-17(23,12-13(25-11)27-14(2,3)26-12)9(6-18)15(10,4)7-16(19,20)21/h9-13,23H,5-7H2,1-4H3/t9-,10+,11-,12+,13-,15-,17-/m1/s1. The maximum absolute atomic E-state index is 11.8. The first kappa shape index (κ1) is 22.2. The minimum absolute atomic E-state index is 0.0245. The van der Waals surface area contributed by atoms with E-state index in [1.807, 2.05) is 0 Å². The maximum atomic E-state index is 11.8. The zero-order chi connectivity index (χ0) is 20.4. The molecule has 0 aromatic carbocycles. The molecule has 1 aliphatic carbocycles. The van der Waals surface area contributed by atoms with Crippen molar-refractivity contribution in [3.8, 4) is 0 Å². The summed E-state index contributed by atoms with van der Waals surface area (Å²) in [6.07, 6.45) is -2.63. The predicted octanol–water partition coefficient (Wildman–Crippen LogP) is 3.55. The molecule has 0 radical (unpaired) electrons. The van der Waals surface area contributed by atoms with Gasteiger partial charge in [-0.25, -0.2) is 0 Å². The molecule has 0 bridgehead atoms. The summed E-state index contributed by atoms with van der Waals surface area (Å²) in [5, 5.41) is 11.8. The first-order valence-corrected chi connectivity index (χ1v) is 10.4. The second-order valence-corrected chi connectivity index (χ2v) is 11.1. The van der Waals surface area contributed by atoms with E-state index in [4.69, 9.17) is 65.4 Å². The fourth-order valence-corrected chi connectivity index (χ4v) is 6.29. The molecule has 0 spiro atoms. The zero-order valence-electron chi connectivity index (χ0n) is 15.5. The molecule has 156 valence electrons. The molecule has 27 heavy (non-hydrogen) atoms. The molecule has 0 unspecified atom stereocenters. The van der Waals surface area contributed by atoms with Gasteiger partial charge in [-0.3, -0.25) is 4.79 Å². The summed E-state index contributed by atoms with van der Waals surface area (Å²) >= 11 is 24.6. The van der Waals surface area contributed by atoms with Crippen LogP contribution in [0.15, 0.2) is 0 Å². The highest BCUT2D eigenvalue weighted by molar-refractivity contribution is 6.67. The quantitative estimate of drug-likeness (QED) is 0.507. The van der Waals surface area contributed by atoms with Gasteiger partial charge in [-0.05, 0) is 13.8 Å². The molecule has 2 aliphatic heterocycles. The fourth-order valence-electron chi connectivity index (χ4n) is 4.83. The highest BCUT2D eigenvalue weighted by Crippen LogP contribution is 2.60. The van der Waals surface area contributed by atoms with Crippen molar-refractivity contribution in [3.63, 3.8) is 0 Å². The third-order valence-electron chi connectivity index (χ3n) is 5.89. The lowest BCUT2D eigenvalue weighted by Crippen LogP contribution is -2.67. The van der Waals surface area contributed by atoms with Crippen LogP contribution in [-0.2, 0) is 23.7 Å². The van der Waals surface area contributed by atoms with Crippen molar-refractivity contribution in [2.75, 3.05) is 5.88 Å². The van der Waals surface area contributed by atoms with Crippen molar-refractivity contribution < 1.29 is 28.8 Å². The van der Waals surface area contributed by atoms with Gasteiger partial charge in [-0.2, -0.15) is 0 Å². The minimum Gasteiger partial charge on any atom is -0.462 e. The molecule has 0 aromatic heterocycles. The van der Waals surface area contributed by atoms with Crippen LogP contribution in [0, 0.1) is 11.3 Å². The number of fused-ring (bicyclic) bond motifs is 3. The second-order valence-electron chi connectivity index (χ2n) is 8.27. The van der Waals surface area contributed by atoms with E-state index in [1.165, 1.54) is 6.92 Å². The first-order valence-electron chi connectivity index (χ1n) is 8.76. The molecule has 2 heterocycles. The lowest BCUT2D eigenvalue weighted by molar-refractivity contribution is -0.268. The third kappa shape index (κ3) is 3.81. The van der Waals surface area contributed by atoms with Crippen molar-refractivity contribution in [2.45, 2.75) is 80.3 Å². The Morgan fingerprint density at radius 2 is 1.89 bits per heavy atom. The van der Waals surface area contributed by atoms with E-state index in [0.29, 0.717) is 0 Å². The lowest BCUT2D eigenvalue weighted by Gasteiger charge is -2.55. The topological polar surface area (TPSA) is 74.2 Å². The number of aliphatic hydroxyl groups is 1. The molecule has 0 aromatic rings. The normalized spacial score (nSPS) is 46.0. The van der Waals surface area contributed by atoms with Crippen molar-refractivity contribution in [2.24, 2.45) is 11.3 Å². The summed E-state index contributed by atoms with van der Waals surface area (Å²) in [4.78, 5) is 11.7. The monoisotopic (exact) mass is 464 g/mol. The number of esters is 1. The van der Waals surface area contributed by atoms with Gasteiger partial charge in [0.1, 0.15) is 17.8 Å². The van der Waals surface area contributed by atoms with Crippen LogP contribution in [-0.4, -0.2) is 56.7 Å². The highest BCUT2D eigenvalue weighted by Gasteiger charge is 2.72. The summed E-state index contributed by atoms with van der Waals surface area (Å²) in [5.41, 5.74) is -2.42. The SMILES string of the molecule is CC(=O)O[C@H]1C[C@H]2O[C@@H]3OC(C)(C)O[C@@H]3[C@@]2(O)[C@H](CCl)[C@@]1(C)CC(Cl)(Cl)Cl. The maximum Gasteiger partial charge on any atom is 0.302 e. The largest absolute Gasteiger partial charge is 0.462 e. The Bertz CT molecular complexity index is 611. The van der Waals surface area contributed by atoms with Gasteiger partial charge in [0, 0.05) is 37.0 Å². The molecule has 3 rings (SSSR count). The van der Waals surface area contributed by atoms with E-state index in [0.717, 1.165) is 0 Å². The summed E-state index contributed by atoms with van der Waals surface area (Å²) in [7, 11) is 0. The smallest absolute Gasteiger partial charge is 0.302 e. The number of ether oxygens (including phenoxy) is 4. The molecule has 0 amide bonds. The molecular weight excluding hydrogens is 442 g/mol.